The number of carbonyl (C=O) groups excluding carboxylic acids is 1. The van der Waals surface area contributed by atoms with Gasteiger partial charge in [0.2, 0.25) is 0 Å². The number of rotatable bonds is 1. The van der Waals surface area contributed by atoms with Crippen molar-refractivity contribution in [2.24, 2.45) is 0 Å². The topological polar surface area (TPSA) is 32.3 Å². The van der Waals surface area contributed by atoms with E-state index in [2.05, 4.69) is 10.2 Å². The number of piperidine rings is 1. The summed E-state index contributed by atoms with van der Waals surface area (Å²) in [6, 6.07) is 12.2. The van der Waals surface area contributed by atoms with Gasteiger partial charge < -0.3 is 10.2 Å². The summed E-state index contributed by atoms with van der Waals surface area (Å²) >= 11 is 7.77. The summed E-state index contributed by atoms with van der Waals surface area (Å²) in [4.78, 5) is 15.7. The van der Waals surface area contributed by atoms with Gasteiger partial charge in [0.1, 0.15) is 0 Å². The predicted octanol–water partition coefficient (Wildman–Crippen LogP) is 5.19. The van der Waals surface area contributed by atoms with Crippen molar-refractivity contribution in [3.63, 3.8) is 0 Å². The van der Waals surface area contributed by atoms with Gasteiger partial charge in [-0.2, -0.15) is 13.2 Å². The first-order chi connectivity index (χ1) is 12.8. The Morgan fingerprint density at radius 2 is 1.96 bits per heavy atom. The monoisotopic (exact) mass is 412 g/mol. The van der Waals surface area contributed by atoms with E-state index in [9.17, 15) is 18.0 Å². The Balaban J connectivity index is 1.81. The summed E-state index contributed by atoms with van der Waals surface area (Å²) in [7, 11) is 0. The van der Waals surface area contributed by atoms with E-state index in [1.807, 2.05) is 42.5 Å². The Morgan fingerprint density at radius 1 is 1.19 bits per heavy atom. The third kappa shape index (κ3) is 3.50. The van der Waals surface area contributed by atoms with E-state index in [1.54, 1.807) is 11.8 Å². The van der Waals surface area contributed by atoms with E-state index in [1.165, 1.54) is 0 Å². The third-order valence-electron chi connectivity index (χ3n) is 4.89. The van der Waals surface area contributed by atoms with Crippen molar-refractivity contribution in [3.8, 4) is 0 Å². The zero-order valence-electron chi connectivity index (χ0n) is 14.1. The zero-order valence-corrected chi connectivity index (χ0v) is 15.7. The molecule has 8 heteroatoms. The van der Waals surface area contributed by atoms with Crippen molar-refractivity contribution >= 4 is 35.0 Å². The summed E-state index contributed by atoms with van der Waals surface area (Å²) in [6.07, 6.45) is -3.74. The molecule has 0 unspecified atom stereocenters. The van der Waals surface area contributed by atoms with Crippen molar-refractivity contribution in [2.45, 2.75) is 40.9 Å². The molecule has 0 aliphatic carbocycles. The summed E-state index contributed by atoms with van der Waals surface area (Å²) in [5.41, 5.74) is 1.81. The standard InChI is InChI=1S/C19H16ClF3N2OS/c20-11-7-8-16-14(10-11)25-9-3-5-13(24-18(26)19(21,22)23)17(25)12-4-1-2-6-15(12)27-16/h1-2,4,6-8,10,13,17H,3,5,9H2,(H,24,26)/t13-,17+/m1/s1. The van der Waals surface area contributed by atoms with Crippen LogP contribution < -0.4 is 10.2 Å². The van der Waals surface area contributed by atoms with E-state index >= 15 is 0 Å². The van der Waals surface area contributed by atoms with Gasteiger partial charge in [-0.1, -0.05) is 41.6 Å². The maximum Gasteiger partial charge on any atom is 0.471 e. The lowest BCUT2D eigenvalue weighted by atomic mass is 9.89. The zero-order chi connectivity index (χ0) is 19.2. The number of hydrogen-bond acceptors (Lipinski definition) is 3. The average Bonchev–Trinajstić information content (AvgIpc) is 2.76. The minimum Gasteiger partial charge on any atom is -0.361 e. The van der Waals surface area contributed by atoms with Crippen molar-refractivity contribution in [1.29, 1.82) is 0 Å². The fourth-order valence-corrected chi connectivity index (χ4v) is 5.06. The molecule has 27 heavy (non-hydrogen) atoms. The van der Waals surface area contributed by atoms with E-state index in [4.69, 9.17) is 11.6 Å². The molecule has 2 atom stereocenters. The summed E-state index contributed by atoms with van der Waals surface area (Å²) in [5.74, 6) is -1.89. The molecule has 0 spiro atoms. The van der Waals surface area contributed by atoms with Crippen molar-refractivity contribution in [3.05, 3.63) is 53.1 Å². The summed E-state index contributed by atoms with van der Waals surface area (Å²) in [6.45, 7) is 0.686. The van der Waals surface area contributed by atoms with Gasteiger partial charge in [0.05, 0.1) is 17.8 Å². The van der Waals surface area contributed by atoms with Crippen LogP contribution in [0.15, 0.2) is 52.3 Å². The first-order valence-corrected chi connectivity index (χ1v) is 9.75. The molecule has 142 valence electrons. The number of hydrogen-bond donors (Lipinski definition) is 1. The number of amides is 1. The molecule has 0 radical (unpaired) electrons. The van der Waals surface area contributed by atoms with Crippen LogP contribution in [0.2, 0.25) is 5.02 Å². The van der Waals surface area contributed by atoms with Crippen LogP contribution in [-0.2, 0) is 4.79 Å². The first-order valence-electron chi connectivity index (χ1n) is 8.55. The second-order valence-corrected chi connectivity index (χ2v) is 8.13. The predicted molar refractivity (Wildman–Crippen MR) is 99.3 cm³/mol. The highest BCUT2D eigenvalue weighted by atomic mass is 35.5. The van der Waals surface area contributed by atoms with Crippen LogP contribution in [0.1, 0.15) is 24.4 Å². The largest absolute Gasteiger partial charge is 0.471 e. The van der Waals surface area contributed by atoms with Gasteiger partial charge in [-0.3, -0.25) is 4.79 Å². The van der Waals surface area contributed by atoms with Crippen LogP contribution in [0.4, 0.5) is 18.9 Å². The highest BCUT2D eigenvalue weighted by Crippen LogP contribution is 2.49. The molecule has 1 N–H and O–H groups in total. The van der Waals surface area contributed by atoms with E-state index in [0.717, 1.165) is 21.0 Å². The Kier molecular flexibility index (Phi) is 4.76. The van der Waals surface area contributed by atoms with Crippen LogP contribution in [0.25, 0.3) is 0 Å². The molecule has 1 saturated heterocycles. The smallest absolute Gasteiger partial charge is 0.361 e. The number of halogens is 4. The molecule has 0 bridgehead atoms. The van der Waals surface area contributed by atoms with Crippen LogP contribution in [0.5, 0.6) is 0 Å². The molecule has 0 aromatic heterocycles. The van der Waals surface area contributed by atoms with Gasteiger partial charge in [0.25, 0.3) is 0 Å². The minimum absolute atomic E-state index is 0.381. The van der Waals surface area contributed by atoms with Gasteiger partial charge in [0, 0.05) is 21.4 Å². The number of nitrogens with zero attached hydrogens (tertiary/aromatic N) is 1. The van der Waals surface area contributed by atoms with E-state index < -0.39 is 18.1 Å². The lowest BCUT2D eigenvalue weighted by molar-refractivity contribution is -0.174. The van der Waals surface area contributed by atoms with Gasteiger partial charge in [-0.05, 0) is 42.7 Å². The second-order valence-electron chi connectivity index (χ2n) is 6.61. The summed E-state index contributed by atoms with van der Waals surface area (Å²) in [5, 5.41) is 2.79. The van der Waals surface area contributed by atoms with Crippen molar-refractivity contribution < 1.29 is 18.0 Å². The van der Waals surface area contributed by atoms with Gasteiger partial charge >= 0.3 is 12.1 Å². The molecule has 0 saturated carbocycles. The van der Waals surface area contributed by atoms with Crippen molar-refractivity contribution in [2.75, 3.05) is 11.4 Å². The number of fused-ring (bicyclic) bond motifs is 5. The quantitative estimate of drug-likeness (QED) is 0.699. The van der Waals surface area contributed by atoms with Gasteiger partial charge in [-0.15, -0.1) is 0 Å². The first kappa shape index (κ1) is 18.5. The van der Waals surface area contributed by atoms with Gasteiger partial charge in [-0.25, -0.2) is 0 Å². The normalized spacial score (nSPS) is 21.6. The lowest BCUT2D eigenvalue weighted by Gasteiger charge is -2.43. The molecular formula is C19H16ClF3N2OS. The Bertz CT molecular complexity index is 889. The Morgan fingerprint density at radius 3 is 2.74 bits per heavy atom. The molecule has 2 aromatic rings. The minimum atomic E-state index is -4.90. The lowest BCUT2D eigenvalue weighted by Crippen LogP contribution is -2.53. The molecule has 1 fully saturated rings. The number of alkyl halides is 3. The second kappa shape index (κ2) is 6.95. The Labute approximate surface area is 163 Å². The van der Waals surface area contributed by atoms with Crippen LogP contribution >= 0.6 is 23.4 Å². The van der Waals surface area contributed by atoms with Crippen LogP contribution in [0.3, 0.4) is 0 Å². The van der Waals surface area contributed by atoms with Crippen LogP contribution in [0, 0.1) is 0 Å². The number of carbonyl (C=O) groups is 1. The Hall–Kier alpha value is -1.86. The summed E-state index contributed by atoms with van der Waals surface area (Å²) < 4.78 is 38.5. The van der Waals surface area contributed by atoms with Crippen LogP contribution in [-0.4, -0.2) is 24.7 Å². The molecule has 2 aliphatic rings. The fourth-order valence-electron chi connectivity index (χ4n) is 3.79. The number of benzene rings is 2. The molecule has 4 rings (SSSR count). The molecule has 3 nitrogen and oxygen atoms in total. The fraction of sp³-hybridized carbons (Fsp3) is 0.316. The average molecular weight is 413 g/mol. The SMILES string of the molecule is O=C(N[C@@H]1CCCN2c3cc(Cl)ccc3Sc3ccccc3[C@@H]12)C(F)(F)F. The molecule has 2 aromatic carbocycles. The molecule has 1 amide bonds. The maximum absolute atomic E-state index is 12.8. The number of nitrogens with one attached hydrogen (secondary N) is 1. The van der Waals surface area contributed by atoms with E-state index in [-0.39, 0.29) is 6.04 Å². The molecule has 2 aliphatic heterocycles. The van der Waals surface area contributed by atoms with E-state index in [0.29, 0.717) is 24.4 Å². The highest BCUT2D eigenvalue weighted by molar-refractivity contribution is 7.99. The molecular weight excluding hydrogens is 397 g/mol. The maximum atomic E-state index is 12.8. The molecule has 2 heterocycles. The third-order valence-corrected chi connectivity index (χ3v) is 6.28. The number of anilines is 1. The van der Waals surface area contributed by atoms with Crippen molar-refractivity contribution in [1.82, 2.24) is 5.32 Å². The van der Waals surface area contributed by atoms with Gasteiger partial charge in [0.15, 0.2) is 0 Å². The highest BCUT2D eigenvalue weighted by Gasteiger charge is 2.44.